The van der Waals surface area contributed by atoms with Gasteiger partial charge in [0.25, 0.3) is 5.91 Å². The molecule has 0 atom stereocenters. The van der Waals surface area contributed by atoms with E-state index in [-0.39, 0.29) is 5.91 Å². The summed E-state index contributed by atoms with van der Waals surface area (Å²) in [5.74, 6) is 0.647. The average Bonchev–Trinajstić information content (AvgIpc) is 3.19. The van der Waals surface area contributed by atoms with E-state index in [1.807, 2.05) is 19.1 Å². The maximum atomic E-state index is 12.3. The minimum Gasteiger partial charge on any atom is -0.350 e. The van der Waals surface area contributed by atoms with Crippen LogP contribution in [-0.4, -0.2) is 47.0 Å². The summed E-state index contributed by atoms with van der Waals surface area (Å²) in [6, 6.07) is 3.76. The Morgan fingerprint density at radius 2 is 2.17 bits per heavy atom. The van der Waals surface area contributed by atoms with Gasteiger partial charge in [-0.2, -0.15) is 0 Å². The molecule has 1 fully saturated rings. The summed E-state index contributed by atoms with van der Waals surface area (Å²) in [6.07, 6.45) is 4.25. The Morgan fingerprint density at radius 3 is 2.88 bits per heavy atom. The van der Waals surface area contributed by atoms with Crippen LogP contribution in [0, 0.1) is 6.92 Å². The molecule has 3 heterocycles. The second kappa shape index (κ2) is 8.04. The van der Waals surface area contributed by atoms with Gasteiger partial charge in [0.1, 0.15) is 10.7 Å². The number of aromatic nitrogens is 2. The molecule has 6 nitrogen and oxygen atoms in total. The van der Waals surface area contributed by atoms with Gasteiger partial charge in [0.05, 0.1) is 5.69 Å². The molecule has 2 N–H and O–H groups in total. The molecule has 2 aromatic rings. The van der Waals surface area contributed by atoms with E-state index in [0.717, 1.165) is 29.8 Å². The molecule has 1 amide bonds. The third-order valence-corrected chi connectivity index (χ3v) is 5.42. The van der Waals surface area contributed by atoms with Crippen LogP contribution in [0.2, 0.25) is 0 Å². The van der Waals surface area contributed by atoms with Crippen molar-refractivity contribution in [3.8, 4) is 0 Å². The number of thiazole rings is 1. The highest BCUT2D eigenvalue weighted by Crippen LogP contribution is 2.25. The number of amides is 1. The van der Waals surface area contributed by atoms with Crippen molar-refractivity contribution in [2.24, 2.45) is 0 Å². The molecule has 2 aromatic heterocycles. The molecule has 24 heavy (non-hydrogen) atoms. The number of hydrogen-bond donors (Lipinski definition) is 2. The van der Waals surface area contributed by atoms with Crippen LogP contribution < -0.4 is 10.6 Å². The first-order valence-corrected chi connectivity index (χ1v) is 9.59. The first kappa shape index (κ1) is 17.3. The molecule has 0 aromatic carbocycles. The number of halogens is 1. The quantitative estimate of drug-likeness (QED) is 0.766. The maximum absolute atomic E-state index is 12.3. The Bertz CT molecular complexity index is 697. The lowest BCUT2D eigenvalue weighted by atomic mass is 10.3. The summed E-state index contributed by atoms with van der Waals surface area (Å²) >= 11 is 4.70. The van der Waals surface area contributed by atoms with Crippen LogP contribution in [0.4, 0.5) is 10.9 Å². The summed E-state index contributed by atoms with van der Waals surface area (Å²) in [7, 11) is 0. The zero-order chi connectivity index (χ0) is 16.9. The van der Waals surface area contributed by atoms with Crippen LogP contribution in [0.15, 0.2) is 22.8 Å². The van der Waals surface area contributed by atoms with Crippen molar-refractivity contribution < 1.29 is 4.79 Å². The van der Waals surface area contributed by atoms with E-state index in [1.165, 1.54) is 24.2 Å². The molecule has 1 saturated heterocycles. The number of nitrogens with zero attached hydrogens (tertiary/aromatic N) is 3. The molecule has 0 spiro atoms. The fraction of sp³-hybridized carbons (Fsp3) is 0.438. The molecule has 8 heteroatoms. The zero-order valence-electron chi connectivity index (χ0n) is 13.5. The minimum absolute atomic E-state index is 0.0546. The molecule has 0 aliphatic carbocycles. The van der Waals surface area contributed by atoms with Crippen molar-refractivity contribution >= 4 is 44.1 Å². The van der Waals surface area contributed by atoms with Crippen molar-refractivity contribution in [2.75, 3.05) is 31.5 Å². The summed E-state index contributed by atoms with van der Waals surface area (Å²) in [5, 5.41) is 6.80. The van der Waals surface area contributed by atoms with Gasteiger partial charge in [-0.15, -0.1) is 0 Å². The van der Waals surface area contributed by atoms with Crippen LogP contribution in [0.1, 0.15) is 28.2 Å². The topological polar surface area (TPSA) is 70.1 Å². The standard InChI is InChI=1S/C16H20BrN5OS/c1-11-14(15(23)18-6-9-22-7-2-3-8-22)24-16(20-11)21-13-5-4-12(17)10-19-13/h4-5,10H,2-3,6-9H2,1H3,(H,18,23)(H,19,20,21). The number of nitrogens with one attached hydrogen (secondary N) is 2. The molecule has 1 aliphatic heterocycles. The van der Waals surface area contributed by atoms with Crippen molar-refractivity contribution in [1.82, 2.24) is 20.2 Å². The highest BCUT2D eigenvalue weighted by Gasteiger charge is 2.16. The number of aryl methyl sites for hydroxylation is 1. The van der Waals surface area contributed by atoms with E-state index in [9.17, 15) is 4.79 Å². The zero-order valence-corrected chi connectivity index (χ0v) is 15.9. The molecule has 128 valence electrons. The van der Waals surface area contributed by atoms with Gasteiger partial charge < -0.3 is 15.5 Å². The van der Waals surface area contributed by atoms with Crippen LogP contribution in [0.25, 0.3) is 0 Å². The molecule has 0 bridgehead atoms. The van der Waals surface area contributed by atoms with E-state index in [0.29, 0.717) is 22.4 Å². The van der Waals surface area contributed by atoms with E-state index in [4.69, 9.17) is 0 Å². The first-order chi connectivity index (χ1) is 11.6. The van der Waals surface area contributed by atoms with Gasteiger partial charge in [-0.05, 0) is 60.9 Å². The lowest BCUT2D eigenvalue weighted by molar-refractivity contribution is 0.0953. The number of anilines is 2. The summed E-state index contributed by atoms with van der Waals surface area (Å²) < 4.78 is 0.918. The fourth-order valence-corrected chi connectivity index (χ4v) is 3.76. The average molecular weight is 410 g/mol. The van der Waals surface area contributed by atoms with Crippen LogP contribution in [0.5, 0.6) is 0 Å². The predicted octanol–water partition coefficient (Wildman–Crippen LogP) is 3.18. The molecule has 0 saturated carbocycles. The second-order valence-electron chi connectivity index (χ2n) is 5.72. The lowest BCUT2D eigenvalue weighted by Gasteiger charge is -2.14. The Kier molecular flexibility index (Phi) is 5.80. The van der Waals surface area contributed by atoms with Crippen molar-refractivity contribution in [3.05, 3.63) is 33.4 Å². The van der Waals surface area contributed by atoms with Crippen molar-refractivity contribution in [3.63, 3.8) is 0 Å². The molecule has 1 aliphatic rings. The van der Waals surface area contributed by atoms with Gasteiger partial charge in [-0.1, -0.05) is 11.3 Å². The summed E-state index contributed by atoms with van der Waals surface area (Å²) in [6.45, 7) is 5.73. The highest BCUT2D eigenvalue weighted by molar-refractivity contribution is 9.10. The third kappa shape index (κ3) is 4.52. The van der Waals surface area contributed by atoms with E-state index < -0.39 is 0 Å². The Morgan fingerprint density at radius 1 is 1.38 bits per heavy atom. The number of likely N-dealkylation sites (tertiary alicyclic amines) is 1. The molecule has 0 radical (unpaired) electrons. The molecule has 3 rings (SSSR count). The molecular weight excluding hydrogens is 390 g/mol. The van der Waals surface area contributed by atoms with Gasteiger partial charge in [-0.3, -0.25) is 4.79 Å². The number of hydrogen-bond acceptors (Lipinski definition) is 6. The largest absolute Gasteiger partial charge is 0.350 e. The predicted molar refractivity (Wildman–Crippen MR) is 100 cm³/mol. The van der Waals surface area contributed by atoms with Crippen molar-refractivity contribution in [2.45, 2.75) is 19.8 Å². The van der Waals surface area contributed by atoms with E-state index in [2.05, 4.69) is 41.4 Å². The number of carbonyl (C=O) groups is 1. The third-order valence-electron chi connectivity index (χ3n) is 3.88. The van der Waals surface area contributed by atoms with E-state index >= 15 is 0 Å². The summed E-state index contributed by atoms with van der Waals surface area (Å²) in [4.78, 5) is 24.0. The lowest BCUT2D eigenvalue weighted by Crippen LogP contribution is -2.33. The Labute approximate surface area is 153 Å². The number of rotatable bonds is 6. The first-order valence-electron chi connectivity index (χ1n) is 7.98. The van der Waals surface area contributed by atoms with Gasteiger partial charge in [0.15, 0.2) is 5.13 Å². The van der Waals surface area contributed by atoms with Crippen LogP contribution in [0.3, 0.4) is 0 Å². The van der Waals surface area contributed by atoms with Gasteiger partial charge in [0.2, 0.25) is 0 Å². The number of carbonyl (C=O) groups excluding carboxylic acids is 1. The monoisotopic (exact) mass is 409 g/mol. The Hall–Kier alpha value is -1.51. The molecular formula is C16H20BrN5OS. The van der Waals surface area contributed by atoms with Crippen molar-refractivity contribution in [1.29, 1.82) is 0 Å². The second-order valence-corrected chi connectivity index (χ2v) is 7.64. The van der Waals surface area contributed by atoms with Crippen LogP contribution in [-0.2, 0) is 0 Å². The van der Waals surface area contributed by atoms with Crippen LogP contribution >= 0.6 is 27.3 Å². The smallest absolute Gasteiger partial charge is 0.263 e. The SMILES string of the molecule is Cc1nc(Nc2ccc(Br)cn2)sc1C(=O)NCCN1CCCC1. The fourth-order valence-electron chi connectivity index (χ4n) is 2.63. The van der Waals surface area contributed by atoms with Gasteiger partial charge >= 0.3 is 0 Å². The minimum atomic E-state index is -0.0546. The van der Waals surface area contributed by atoms with Gasteiger partial charge in [-0.25, -0.2) is 9.97 Å². The van der Waals surface area contributed by atoms with E-state index in [1.54, 1.807) is 6.20 Å². The summed E-state index contributed by atoms with van der Waals surface area (Å²) in [5.41, 5.74) is 0.735. The normalized spacial score (nSPS) is 14.8. The Balaban J connectivity index is 1.56. The maximum Gasteiger partial charge on any atom is 0.263 e. The van der Waals surface area contributed by atoms with Gasteiger partial charge in [0, 0.05) is 23.8 Å². The number of pyridine rings is 1. The highest BCUT2D eigenvalue weighted by atomic mass is 79.9. The molecule has 0 unspecified atom stereocenters.